The van der Waals surface area contributed by atoms with Crippen molar-refractivity contribution in [3.63, 3.8) is 0 Å². The second-order valence-electron chi connectivity index (χ2n) is 6.24. The van der Waals surface area contributed by atoms with Gasteiger partial charge in [-0.15, -0.1) is 11.3 Å². The zero-order valence-electron chi connectivity index (χ0n) is 14.4. The first-order valence-electron chi connectivity index (χ1n) is 8.63. The van der Waals surface area contributed by atoms with E-state index >= 15 is 0 Å². The second kappa shape index (κ2) is 7.79. The van der Waals surface area contributed by atoms with Crippen LogP contribution in [0.1, 0.15) is 34.9 Å². The molecule has 4 rings (SSSR count). The van der Waals surface area contributed by atoms with Gasteiger partial charge in [-0.25, -0.2) is 14.4 Å². The molecule has 2 aromatic heterocycles. The number of amides is 1. The van der Waals surface area contributed by atoms with Gasteiger partial charge < -0.3 is 9.64 Å². The van der Waals surface area contributed by atoms with Crippen molar-refractivity contribution in [2.45, 2.75) is 18.8 Å². The molecule has 0 saturated carbocycles. The summed E-state index contributed by atoms with van der Waals surface area (Å²) in [4.78, 5) is 27.2. The lowest BCUT2D eigenvalue weighted by molar-refractivity contribution is 0.0699. The lowest BCUT2D eigenvalue weighted by atomic mass is 9.94. The standard InChI is InChI=1S/C19H17FN4O2S/c20-14-5-1-2-6-16(14)26-18-17(21-7-8-22-18)13-4-3-9-24(10-13)19(25)15-11-27-12-23-15/h1-2,5-8,11-13H,3-4,9-10H2. The molecule has 27 heavy (non-hydrogen) atoms. The molecule has 1 aromatic carbocycles. The lowest BCUT2D eigenvalue weighted by Crippen LogP contribution is -2.39. The predicted octanol–water partition coefficient (Wildman–Crippen LogP) is 3.88. The van der Waals surface area contributed by atoms with Crippen LogP contribution < -0.4 is 4.74 Å². The van der Waals surface area contributed by atoms with Crippen molar-refractivity contribution in [3.05, 3.63) is 64.8 Å². The molecular formula is C19H17FN4O2S. The van der Waals surface area contributed by atoms with Crippen molar-refractivity contribution in [1.82, 2.24) is 19.9 Å². The molecule has 0 bridgehead atoms. The van der Waals surface area contributed by atoms with Crippen molar-refractivity contribution >= 4 is 17.2 Å². The quantitative estimate of drug-likeness (QED) is 0.683. The van der Waals surface area contributed by atoms with Crippen molar-refractivity contribution in [3.8, 4) is 11.6 Å². The van der Waals surface area contributed by atoms with Crippen LogP contribution >= 0.6 is 11.3 Å². The zero-order chi connectivity index (χ0) is 18.6. The number of para-hydroxylation sites is 1. The molecular weight excluding hydrogens is 367 g/mol. The van der Waals surface area contributed by atoms with Crippen LogP contribution in [0.5, 0.6) is 11.6 Å². The highest BCUT2D eigenvalue weighted by molar-refractivity contribution is 7.07. The van der Waals surface area contributed by atoms with Crippen LogP contribution in [0, 0.1) is 5.82 Å². The van der Waals surface area contributed by atoms with Crippen molar-refractivity contribution in [2.75, 3.05) is 13.1 Å². The number of ether oxygens (including phenoxy) is 1. The molecule has 8 heteroatoms. The Balaban J connectivity index is 1.56. The third-order valence-electron chi connectivity index (χ3n) is 4.48. The van der Waals surface area contributed by atoms with E-state index in [9.17, 15) is 9.18 Å². The Bertz CT molecular complexity index is 935. The fourth-order valence-corrected chi connectivity index (χ4v) is 3.72. The van der Waals surface area contributed by atoms with Gasteiger partial charge in [0.25, 0.3) is 5.91 Å². The number of nitrogens with zero attached hydrogens (tertiary/aromatic N) is 4. The van der Waals surface area contributed by atoms with Crippen LogP contribution in [0.2, 0.25) is 0 Å². The molecule has 138 valence electrons. The van der Waals surface area contributed by atoms with Gasteiger partial charge >= 0.3 is 0 Å². The van der Waals surface area contributed by atoms with Crippen LogP contribution in [0.3, 0.4) is 0 Å². The summed E-state index contributed by atoms with van der Waals surface area (Å²) in [5.74, 6) is -0.197. The van der Waals surface area contributed by atoms with E-state index in [1.54, 1.807) is 40.2 Å². The number of carbonyl (C=O) groups excluding carboxylic acids is 1. The van der Waals surface area contributed by atoms with E-state index in [-0.39, 0.29) is 23.5 Å². The average Bonchev–Trinajstić information content (AvgIpc) is 3.24. The molecule has 1 saturated heterocycles. The Labute approximate surface area is 159 Å². The highest BCUT2D eigenvalue weighted by atomic mass is 32.1. The van der Waals surface area contributed by atoms with E-state index in [2.05, 4.69) is 15.0 Å². The first-order valence-corrected chi connectivity index (χ1v) is 9.57. The summed E-state index contributed by atoms with van der Waals surface area (Å²) in [7, 11) is 0. The van der Waals surface area contributed by atoms with Crippen molar-refractivity contribution < 1.29 is 13.9 Å². The SMILES string of the molecule is O=C(c1cscn1)N1CCCC(c2nccnc2Oc2ccccc2F)C1. The maximum Gasteiger partial charge on any atom is 0.273 e. The molecule has 0 N–H and O–H groups in total. The number of carbonyl (C=O) groups is 1. The fraction of sp³-hybridized carbons (Fsp3) is 0.263. The smallest absolute Gasteiger partial charge is 0.273 e. The van der Waals surface area contributed by atoms with E-state index in [4.69, 9.17) is 4.74 Å². The number of benzene rings is 1. The summed E-state index contributed by atoms with van der Waals surface area (Å²) in [6.07, 6.45) is 4.80. The van der Waals surface area contributed by atoms with Gasteiger partial charge in [0.05, 0.1) is 5.51 Å². The molecule has 0 spiro atoms. The number of likely N-dealkylation sites (tertiary alicyclic amines) is 1. The maximum absolute atomic E-state index is 13.9. The molecule has 0 radical (unpaired) electrons. The third kappa shape index (κ3) is 3.80. The minimum absolute atomic E-state index is 0.0307. The average molecular weight is 384 g/mol. The zero-order valence-corrected chi connectivity index (χ0v) is 15.2. The van der Waals surface area contributed by atoms with Crippen LogP contribution in [-0.4, -0.2) is 38.8 Å². The van der Waals surface area contributed by atoms with E-state index in [1.807, 2.05) is 0 Å². The van der Waals surface area contributed by atoms with Gasteiger partial charge in [-0.05, 0) is 25.0 Å². The molecule has 1 fully saturated rings. The van der Waals surface area contributed by atoms with E-state index in [0.717, 1.165) is 12.8 Å². The Morgan fingerprint density at radius 3 is 2.89 bits per heavy atom. The molecule has 1 aliphatic rings. The van der Waals surface area contributed by atoms with Gasteiger partial charge in [0, 0.05) is 36.8 Å². The topological polar surface area (TPSA) is 68.2 Å². The molecule has 1 atom stereocenters. The molecule has 6 nitrogen and oxygen atoms in total. The van der Waals surface area contributed by atoms with Crippen molar-refractivity contribution in [2.24, 2.45) is 0 Å². The second-order valence-corrected chi connectivity index (χ2v) is 6.96. The normalized spacial score (nSPS) is 16.9. The van der Waals surface area contributed by atoms with Crippen LogP contribution in [0.25, 0.3) is 0 Å². The first kappa shape index (κ1) is 17.5. The Hall–Kier alpha value is -2.87. The summed E-state index contributed by atoms with van der Waals surface area (Å²) in [6, 6.07) is 6.18. The maximum atomic E-state index is 13.9. The minimum atomic E-state index is -0.460. The van der Waals surface area contributed by atoms with Gasteiger partial charge in [-0.3, -0.25) is 9.78 Å². The highest BCUT2D eigenvalue weighted by Gasteiger charge is 2.29. The fourth-order valence-electron chi connectivity index (χ4n) is 3.19. The number of rotatable bonds is 4. The highest BCUT2D eigenvalue weighted by Crippen LogP contribution is 2.33. The summed E-state index contributed by atoms with van der Waals surface area (Å²) in [6.45, 7) is 1.18. The summed E-state index contributed by atoms with van der Waals surface area (Å²) in [5, 5.41) is 1.75. The number of aromatic nitrogens is 3. The number of hydrogen-bond donors (Lipinski definition) is 0. The van der Waals surface area contributed by atoms with Crippen LogP contribution in [0.4, 0.5) is 4.39 Å². The number of hydrogen-bond acceptors (Lipinski definition) is 6. The van der Waals surface area contributed by atoms with Gasteiger partial charge in [0.1, 0.15) is 11.4 Å². The molecule has 0 aliphatic carbocycles. The van der Waals surface area contributed by atoms with Crippen LogP contribution in [0.15, 0.2) is 47.5 Å². The van der Waals surface area contributed by atoms with Gasteiger partial charge in [-0.2, -0.15) is 0 Å². The predicted molar refractivity (Wildman–Crippen MR) is 98.5 cm³/mol. The summed E-state index contributed by atoms with van der Waals surface area (Å²) >= 11 is 1.40. The van der Waals surface area contributed by atoms with E-state index in [1.165, 1.54) is 23.6 Å². The Morgan fingerprint density at radius 1 is 1.22 bits per heavy atom. The van der Waals surface area contributed by atoms with E-state index in [0.29, 0.717) is 24.5 Å². The lowest BCUT2D eigenvalue weighted by Gasteiger charge is -2.32. The Kier molecular flexibility index (Phi) is 5.06. The van der Waals surface area contributed by atoms with Crippen molar-refractivity contribution in [1.29, 1.82) is 0 Å². The molecule has 1 unspecified atom stereocenters. The van der Waals surface area contributed by atoms with Gasteiger partial charge in [0.2, 0.25) is 5.88 Å². The molecule has 3 heterocycles. The first-order chi connectivity index (χ1) is 13.2. The number of halogens is 1. The third-order valence-corrected chi connectivity index (χ3v) is 5.07. The number of piperidine rings is 1. The van der Waals surface area contributed by atoms with Crippen LogP contribution in [-0.2, 0) is 0 Å². The Morgan fingerprint density at radius 2 is 2.07 bits per heavy atom. The molecule has 1 amide bonds. The molecule has 1 aliphatic heterocycles. The van der Waals surface area contributed by atoms with Gasteiger partial charge in [-0.1, -0.05) is 12.1 Å². The number of thiazole rings is 1. The monoisotopic (exact) mass is 384 g/mol. The largest absolute Gasteiger partial charge is 0.434 e. The summed E-state index contributed by atoms with van der Waals surface area (Å²) < 4.78 is 19.6. The van der Waals surface area contributed by atoms with Gasteiger partial charge in [0.15, 0.2) is 11.6 Å². The summed E-state index contributed by atoms with van der Waals surface area (Å²) in [5.41, 5.74) is 2.75. The minimum Gasteiger partial charge on any atom is -0.434 e. The molecule has 3 aromatic rings. The van der Waals surface area contributed by atoms with E-state index < -0.39 is 5.82 Å².